The molecule has 0 radical (unpaired) electrons. The van der Waals surface area contributed by atoms with Gasteiger partial charge >= 0.3 is 72.2 Å². The zero-order chi connectivity index (χ0) is 12.0. The molecule has 0 aliphatic rings. The van der Waals surface area contributed by atoms with Crippen LogP contribution < -0.4 is 0 Å². The van der Waals surface area contributed by atoms with Crippen molar-refractivity contribution in [1.82, 2.24) is 0 Å². The van der Waals surface area contributed by atoms with Gasteiger partial charge in [0.25, 0.3) is 11.4 Å². The Bertz CT molecular complexity index is 328. The van der Waals surface area contributed by atoms with E-state index in [0.29, 0.717) is 0 Å². The van der Waals surface area contributed by atoms with Crippen molar-refractivity contribution in [2.24, 2.45) is 0 Å². The molecule has 0 unspecified atom stereocenters. The second kappa shape index (κ2) is 12.0. The molecule has 0 spiro atoms. The predicted octanol–water partition coefficient (Wildman–Crippen LogP) is -2.43. The summed E-state index contributed by atoms with van der Waals surface area (Å²) < 4.78 is 81.7. The molecule has 0 aromatic carbocycles. The molecule has 0 amide bonds. The molecule has 0 bridgehead atoms. The fraction of sp³-hybridized carbons (Fsp3) is 0. The van der Waals surface area contributed by atoms with Crippen molar-refractivity contribution >= 4 is 83.5 Å². The third-order valence-corrected chi connectivity index (χ3v) is 0.766. The molecular weight excluding hydrogens is 367 g/mol. The van der Waals surface area contributed by atoms with Crippen LogP contribution in [0.4, 0.5) is 0 Å². The summed E-state index contributed by atoms with van der Waals surface area (Å²) in [6, 6.07) is 0. The van der Waals surface area contributed by atoms with Crippen molar-refractivity contribution in [2.75, 3.05) is 0 Å². The average Bonchev–Trinajstić information content (AvgIpc) is 1.79. The Morgan fingerprint density at radius 3 is 1.06 bits per heavy atom. The third-order valence-electron chi connectivity index (χ3n) is 0.200. The second-order valence-corrected chi connectivity index (χ2v) is 3.67. The van der Waals surface area contributed by atoms with Crippen molar-refractivity contribution in [3.8, 4) is 0 Å². The molecule has 0 aromatic heterocycles. The molecule has 0 rings (SSSR count). The Balaban J connectivity index is -0.000000105. The Kier molecular flexibility index (Phi) is 19.9. The molecule has 0 saturated heterocycles. The summed E-state index contributed by atoms with van der Waals surface area (Å²) in [4.78, 5) is 0. The van der Waals surface area contributed by atoms with Crippen LogP contribution in [0.3, 0.4) is 0 Å². The quantitative estimate of drug-likeness (QED) is 0.136. The fourth-order valence-electron chi connectivity index (χ4n) is 0.0702. The summed E-state index contributed by atoms with van der Waals surface area (Å²) in [5.41, 5.74) is 0. The van der Waals surface area contributed by atoms with Crippen molar-refractivity contribution in [3.05, 3.63) is 0 Å². The van der Waals surface area contributed by atoms with Crippen molar-refractivity contribution in [1.29, 1.82) is 0 Å². The van der Waals surface area contributed by atoms with Gasteiger partial charge in [-0.05, 0) is 0 Å². The summed E-state index contributed by atoms with van der Waals surface area (Å²) in [7, 11) is -10.0. The summed E-state index contributed by atoms with van der Waals surface area (Å²) in [5.74, 6) is 0. The van der Waals surface area contributed by atoms with Crippen LogP contribution in [0.15, 0.2) is 0 Å². The molecule has 11 nitrogen and oxygen atoms in total. The monoisotopic (exact) mass is 372 g/mol. The summed E-state index contributed by atoms with van der Waals surface area (Å²) in [5, 5.41) is 0. The van der Waals surface area contributed by atoms with Crippen LogP contribution in [0.1, 0.15) is 0 Å². The first kappa shape index (κ1) is 26.5. The van der Waals surface area contributed by atoms with E-state index in [-0.39, 0.29) is 68.5 Å². The molecular formula is H5FeKO11S3. The number of hydrogen-bond donors (Lipinski definition) is 4. The van der Waals surface area contributed by atoms with Crippen LogP contribution >= 0.6 is 0 Å². The van der Waals surface area contributed by atoms with Gasteiger partial charge in [-0.2, -0.15) is 21.0 Å². The van der Waals surface area contributed by atoms with E-state index in [1.54, 1.807) is 0 Å². The van der Waals surface area contributed by atoms with E-state index in [0.717, 1.165) is 0 Å². The summed E-state index contributed by atoms with van der Waals surface area (Å²) in [6.45, 7) is 0. The van der Waals surface area contributed by atoms with Crippen molar-refractivity contribution in [2.45, 2.75) is 0 Å². The van der Waals surface area contributed by atoms with E-state index in [9.17, 15) is 16.8 Å². The van der Waals surface area contributed by atoms with E-state index in [1.165, 1.54) is 0 Å². The average molecular weight is 372 g/mol. The van der Waals surface area contributed by atoms with E-state index < -0.39 is 32.2 Å². The predicted molar refractivity (Wildman–Crippen MR) is 45.8 cm³/mol. The Labute approximate surface area is 146 Å². The Morgan fingerprint density at radius 1 is 0.875 bits per heavy atom. The zero-order valence-corrected chi connectivity index (χ0v) is 9.78. The van der Waals surface area contributed by atoms with Crippen molar-refractivity contribution < 1.29 is 65.0 Å². The van der Waals surface area contributed by atoms with Crippen LogP contribution in [0.2, 0.25) is 0 Å². The van der Waals surface area contributed by atoms with Gasteiger partial charge in [0, 0.05) is 17.1 Å². The Hall–Kier alpha value is 1.97. The van der Waals surface area contributed by atoms with Gasteiger partial charge < -0.3 is 0 Å². The topological polar surface area (TPSA) is 185 Å². The second-order valence-electron chi connectivity index (χ2n) is 1.22. The maximum atomic E-state index is 9.51. The van der Waals surface area contributed by atoms with Gasteiger partial charge in [0.15, 0.2) is 0 Å². The van der Waals surface area contributed by atoms with Gasteiger partial charge in [-0.25, -0.2) is 0 Å². The van der Waals surface area contributed by atoms with Gasteiger partial charge in [-0.3, -0.25) is 18.2 Å². The molecule has 16 heavy (non-hydrogen) atoms. The normalized spacial score (nSPS) is 10.6. The van der Waals surface area contributed by atoms with Gasteiger partial charge in [-0.1, -0.05) is 8.67 Å². The molecule has 0 fully saturated rings. The fourth-order valence-corrected chi connectivity index (χ4v) is 0.632. The first-order valence-corrected chi connectivity index (χ1v) is 5.86. The van der Waals surface area contributed by atoms with Crippen LogP contribution in [0.25, 0.3) is 0 Å². The van der Waals surface area contributed by atoms with Gasteiger partial charge in [0.1, 0.15) is 0 Å². The minimum absolute atomic E-state index is 0. The van der Waals surface area contributed by atoms with Crippen molar-refractivity contribution in [3.63, 3.8) is 0 Å². The molecule has 98 valence electrons. The molecule has 4 N–H and O–H groups in total. The van der Waals surface area contributed by atoms with E-state index in [2.05, 4.69) is 8.67 Å². The number of rotatable bonds is 3. The summed E-state index contributed by atoms with van der Waals surface area (Å²) >= 11 is -2.61. The first-order chi connectivity index (χ1) is 5.94. The van der Waals surface area contributed by atoms with Gasteiger partial charge in [0.05, 0.1) is 0 Å². The summed E-state index contributed by atoms with van der Waals surface area (Å²) in [6.07, 6.45) is 0. The van der Waals surface area contributed by atoms with Crippen LogP contribution in [0.5, 0.6) is 0 Å². The molecule has 0 heterocycles. The van der Waals surface area contributed by atoms with Crippen LogP contribution in [0, 0.1) is 0 Å². The van der Waals surface area contributed by atoms with Gasteiger partial charge in [0.2, 0.25) is 0 Å². The molecule has 0 aliphatic carbocycles. The van der Waals surface area contributed by atoms with E-state index >= 15 is 0 Å². The molecule has 0 saturated carbocycles. The zero-order valence-electron chi connectivity index (χ0n) is 6.22. The van der Waals surface area contributed by atoms with Crippen LogP contribution in [-0.4, -0.2) is 90.6 Å². The van der Waals surface area contributed by atoms with Gasteiger partial charge in [-0.15, -0.1) is 0 Å². The standard InChI is InChI=1S/Fe.K.H2O8S2.H2O3S.H/c;;1-9(2,3)7-8-10(4,5)6;1-4(2)3;/h;;(H,1,2,3)(H,4,5,6);(H2,1,2,3);. The molecule has 0 atom stereocenters. The first-order valence-electron chi connectivity index (χ1n) is 2.06. The molecule has 0 aromatic rings. The Morgan fingerprint density at radius 2 is 1.00 bits per heavy atom. The van der Waals surface area contributed by atoms with E-state index in [4.69, 9.17) is 22.4 Å². The minimum atomic E-state index is -5.02. The van der Waals surface area contributed by atoms with Crippen LogP contribution in [-0.2, 0) is 57.9 Å². The van der Waals surface area contributed by atoms with E-state index in [1.807, 2.05) is 0 Å². The molecule has 0 aliphatic heterocycles. The maximum absolute atomic E-state index is 9.51. The third kappa shape index (κ3) is 44.5. The number of hydrogen-bond acceptors (Lipinski definition) is 7. The SMILES string of the molecule is O=S(=O)(O)OOS(=O)(=O)O.O=S(O)O.[Fe].[KH]. The molecule has 16 heteroatoms.